The van der Waals surface area contributed by atoms with Crippen LogP contribution in [0.25, 0.3) is 0 Å². The van der Waals surface area contributed by atoms with Gasteiger partial charge in [-0.25, -0.2) is 5.43 Å². The minimum absolute atomic E-state index is 0.0354. The second kappa shape index (κ2) is 11.9. The number of nitrogens with zero attached hydrogens (tertiary/aromatic N) is 7. The van der Waals surface area contributed by atoms with E-state index >= 15 is 0 Å². The molecule has 0 atom stereocenters. The average Bonchev–Trinajstić information content (AvgIpc) is 2.88. The summed E-state index contributed by atoms with van der Waals surface area (Å²) in [5.74, 6) is 1.74. The van der Waals surface area contributed by atoms with Crippen molar-refractivity contribution in [3.63, 3.8) is 0 Å². The van der Waals surface area contributed by atoms with E-state index in [0.717, 1.165) is 0 Å². The number of morpholine rings is 2. The molecule has 2 aliphatic rings. The van der Waals surface area contributed by atoms with Crippen LogP contribution in [0, 0.1) is 10.1 Å². The molecule has 0 saturated carbocycles. The zero-order valence-corrected chi connectivity index (χ0v) is 19.3. The number of hydrogen-bond donors (Lipinski definition) is 2. The van der Waals surface area contributed by atoms with Crippen molar-refractivity contribution in [3.05, 3.63) is 33.9 Å². The Hall–Kier alpha value is -3.07. The fraction of sp³-hybridized carbons (Fsp3) is 0.500. The zero-order chi connectivity index (χ0) is 23.8. The van der Waals surface area contributed by atoms with E-state index in [4.69, 9.17) is 14.6 Å². The molecule has 2 saturated heterocycles. The van der Waals surface area contributed by atoms with E-state index in [1.807, 2.05) is 9.80 Å². The molecule has 182 valence electrons. The van der Waals surface area contributed by atoms with Crippen molar-refractivity contribution in [1.29, 1.82) is 0 Å². The largest absolute Gasteiger partial charge is 0.396 e. The number of anilines is 3. The summed E-state index contributed by atoms with van der Waals surface area (Å²) < 4.78 is 10.9. The molecule has 2 N–H and O–H groups in total. The van der Waals surface area contributed by atoms with E-state index in [1.165, 1.54) is 24.0 Å². The van der Waals surface area contributed by atoms with Crippen LogP contribution in [0.4, 0.5) is 23.5 Å². The number of benzene rings is 1. The molecule has 13 nitrogen and oxygen atoms in total. The number of rotatable bonds is 9. The Balaban J connectivity index is 1.53. The summed E-state index contributed by atoms with van der Waals surface area (Å²) in [7, 11) is 0. The van der Waals surface area contributed by atoms with Crippen LogP contribution in [0.1, 0.15) is 5.56 Å². The highest BCUT2D eigenvalue weighted by atomic mass is 32.2. The molecule has 0 aliphatic carbocycles. The van der Waals surface area contributed by atoms with Crippen LogP contribution in [0.5, 0.6) is 0 Å². The number of aliphatic hydroxyl groups is 1. The van der Waals surface area contributed by atoms with Crippen molar-refractivity contribution in [1.82, 2.24) is 15.0 Å². The number of nitro groups is 1. The minimum Gasteiger partial charge on any atom is -0.396 e. The fourth-order valence-corrected chi connectivity index (χ4v) is 4.17. The Morgan fingerprint density at radius 1 is 1.09 bits per heavy atom. The van der Waals surface area contributed by atoms with Crippen LogP contribution < -0.4 is 15.2 Å². The van der Waals surface area contributed by atoms with Gasteiger partial charge in [-0.1, -0.05) is 6.07 Å². The van der Waals surface area contributed by atoms with Crippen LogP contribution in [-0.4, -0.2) is 96.2 Å². The SMILES string of the molecule is O=[N+]([O-])c1cc(/C=N\Nc2nc(N3CCOCC3)nc(N3CCOCC3)n2)ccc1SCCO. The molecule has 4 rings (SSSR count). The lowest BCUT2D eigenvalue weighted by Gasteiger charge is -2.30. The second-order valence-electron chi connectivity index (χ2n) is 7.38. The van der Waals surface area contributed by atoms with Crippen molar-refractivity contribution in [2.75, 3.05) is 80.2 Å². The van der Waals surface area contributed by atoms with Crippen molar-refractivity contribution in [3.8, 4) is 0 Å². The molecule has 2 aromatic rings. The highest BCUT2D eigenvalue weighted by molar-refractivity contribution is 7.99. The third-order valence-electron chi connectivity index (χ3n) is 5.11. The molecule has 14 heteroatoms. The van der Waals surface area contributed by atoms with Crippen LogP contribution in [0.2, 0.25) is 0 Å². The van der Waals surface area contributed by atoms with Gasteiger partial charge in [0, 0.05) is 43.6 Å². The molecule has 0 amide bonds. The average molecular weight is 491 g/mol. The first-order valence-corrected chi connectivity index (χ1v) is 11.9. The summed E-state index contributed by atoms with van der Waals surface area (Å²) in [6.45, 7) is 5.07. The van der Waals surface area contributed by atoms with Gasteiger partial charge in [0.1, 0.15) is 0 Å². The summed E-state index contributed by atoms with van der Waals surface area (Å²) in [5.41, 5.74) is 3.34. The summed E-state index contributed by atoms with van der Waals surface area (Å²) in [5, 5.41) is 24.6. The van der Waals surface area contributed by atoms with E-state index in [1.54, 1.807) is 12.1 Å². The number of nitrogens with one attached hydrogen (secondary N) is 1. The Morgan fingerprint density at radius 2 is 1.71 bits per heavy atom. The Bertz CT molecular complexity index is 978. The third-order valence-corrected chi connectivity index (χ3v) is 6.15. The third kappa shape index (κ3) is 6.28. The predicted octanol–water partition coefficient (Wildman–Crippen LogP) is 0.983. The van der Waals surface area contributed by atoms with Crippen LogP contribution in [0.3, 0.4) is 0 Å². The first-order chi connectivity index (χ1) is 16.6. The van der Waals surface area contributed by atoms with E-state index in [2.05, 4.69) is 25.5 Å². The predicted molar refractivity (Wildman–Crippen MR) is 128 cm³/mol. The number of nitro benzene ring substituents is 1. The Morgan fingerprint density at radius 3 is 2.26 bits per heavy atom. The number of aliphatic hydroxyl groups excluding tert-OH is 1. The summed E-state index contributed by atoms with van der Waals surface area (Å²) >= 11 is 1.23. The molecule has 2 fully saturated rings. The summed E-state index contributed by atoms with van der Waals surface area (Å²) in [6.07, 6.45) is 1.47. The van der Waals surface area contributed by atoms with Gasteiger partial charge in [-0.15, -0.1) is 11.8 Å². The minimum atomic E-state index is -0.445. The fourth-order valence-electron chi connectivity index (χ4n) is 3.41. The lowest BCUT2D eigenvalue weighted by molar-refractivity contribution is -0.387. The molecule has 0 spiro atoms. The maximum Gasteiger partial charge on any atom is 0.283 e. The molecule has 0 unspecified atom stereocenters. The highest BCUT2D eigenvalue weighted by Crippen LogP contribution is 2.29. The maximum absolute atomic E-state index is 11.4. The van der Waals surface area contributed by atoms with Crippen LogP contribution in [-0.2, 0) is 9.47 Å². The van der Waals surface area contributed by atoms with Gasteiger partial charge in [0.15, 0.2) is 0 Å². The van der Waals surface area contributed by atoms with E-state index in [9.17, 15) is 10.1 Å². The first kappa shape index (κ1) is 24.1. The maximum atomic E-state index is 11.4. The summed E-state index contributed by atoms with van der Waals surface area (Å²) in [4.78, 5) is 29.2. The standard InChI is InChI=1S/C20H26N8O5S/c29-7-12-34-17-2-1-15(13-16(17)28(30)31)14-21-25-18-22-19(26-3-8-32-9-4-26)24-20(23-18)27-5-10-33-11-6-27/h1-2,13-14,29H,3-12H2,(H,22,23,24,25)/b21-14-. The van der Waals surface area contributed by atoms with Crippen molar-refractivity contribution in [2.45, 2.75) is 4.90 Å². The quantitative estimate of drug-likeness (QED) is 0.223. The van der Waals surface area contributed by atoms with Crippen molar-refractivity contribution in [2.24, 2.45) is 5.10 Å². The van der Waals surface area contributed by atoms with Gasteiger partial charge in [0.2, 0.25) is 17.8 Å². The van der Waals surface area contributed by atoms with Crippen molar-refractivity contribution >= 4 is 41.5 Å². The molecular weight excluding hydrogens is 464 g/mol. The van der Waals surface area contributed by atoms with Gasteiger partial charge in [-0.05, 0) is 6.07 Å². The van der Waals surface area contributed by atoms with E-state index in [-0.39, 0.29) is 18.2 Å². The second-order valence-corrected chi connectivity index (χ2v) is 8.52. The molecule has 0 radical (unpaired) electrons. The van der Waals surface area contributed by atoms with E-state index < -0.39 is 4.92 Å². The number of thioether (sulfide) groups is 1. The molecule has 1 aromatic heterocycles. The molecule has 3 heterocycles. The van der Waals surface area contributed by atoms with Crippen molar-refractivity contribution < 1.29 is 19.5 Å². The molecule has 34 heavy (non-hydrogen) atoms. The number of aromatic nitrogens is 3. The molecule has 0 bridgehead atoms. The van der Waals surface area contributed by atoms with Crippen LogP contribution >= 0.6 is 11.8 Å². The Labute approximate surface area is 200 Å². The van der Waals surface area contributed by atoms with Gasteiger partial charge in [0.25, 0.3) is 5.69 Å². The lowest BCUT2D eigenvalue weighted by Crippen LogP contribution is -2.40. The first-order valence-electron chi connectivity index (χ1n) is 10.9. The zero-order valence-electron chi connectivity index (χ0n) is 18.5. The molecular formula is C20H26N8O5S. The topological polar surface area (TPSA) is 151 Å². The van der Waals surface area contributed by atoms with Gasteiger partial charge in [-0.2, -0.15) is 20.1 Å². The van der Waals surface area contributed by atoms with Crippen LogP contribution in [0.15, 0.2) is 28.2 Å². The van der Waals surface area contributed by atoms with Gasteiger partial charge < -0.3 is 24.4 Å². The van der Waals surface area contributed by atoms with Gasteiger partial charge in [-0.3, -0.25) is 10.1 Å². The Kier molecular flexibility index (Phi) is 8.41. The molecule has 1 aromatic carbocycles. The number of hydrazone groups is 1. The number of ether oxygens (including phenoxy) is 2. The van der Waals surface area contributed by atoms with Gasteiger partial charge in [0.05, 0.1) is 49.1 Å². The number of hydrogen-bond acceptors (Lipinski definition) is 13. The molecule has 2 aliphatic heterocycles. The summed E-state index contributed by atoms with van der Waals surface area (Å²) in [6, 6.07) is 4.82. The van der Waals surface area contributed by atoms with E-state index in [0.29, 0.717) is 80.7 Å². The highest BCUT2D eigenvalue weighted by Gasteiger charge is 2.20. The lowest BCUT2D eigenvalue weighted by atomic mass is 10.2. The smallest absolute Gasteiger partial charge is 0.283 e. The normalized spacial score (nSPS) is 16.7. The monoisotopic (exact) mass is 490 g/mol. The van der Waals surface area contributed by atoms with Gasteiger partial charge >= 0.3 is 0 Å².